The number of imidazole rings is 1. The number of rotatable bonds is 3. The van der Waals surface area contributed by atoms with Crippen LogP contribution in [0.5, 0.6) is 0 Å². The third-order valence-electron chi connectivity index (χ3n) is 5.67. The molecule has 144 valence electrons. The van der Waals surface area contributed by atoms with Crippen molar-refractivity contribution in [1.29, 1.82) is 0 Å². The number of hydrogen-bond acceptors (Lipinski definition) is 4. The summed E-state index contributed by atoms with van der Waals surface area (Å²) in [7, 11) is 0. The van der Waals surface area contributed by atoms with E-state index in [1.54, 1.807) is 0 Å². The minimum atomic E-state index is 0.492. The van der Waals surface area contributed by atoms with E-state index >= 15 is 0 Å². The van der Waals surface area contributed by atoms with Gasteiger partial charge in [-0.15, -0.1) is 0 Å². The Morgan fingerprint density at radius 3 is 2.64 bits per heavy atom. The minimum Gasteiger partial charge on any atom is -0.384 e. The number of nitrogens with zero attached hydrogens (tertiary/aromatic N) is 3. The van der Waals surface area contributed by atoms with Crippen molar-refractivity contribution in [3.63, 3.8) is 0 Å². The van der Waals surface area contributed by atoms with E-state index in [1.807, 2.05) is 13.0 Å². The lowest BCUT2D eigenvalue weighted by atomic mass is 10.1. The lowest BCUT2D eigenvalue weighted by Gasteiger charge is -2.19. The van der Waals surface area contributed by atoms with Gasteiger partial charge in [0.15, 0.2) is 5.65 Å². The quantitative estimate of drug-likeness (QED) is 0.497. The second kappa shape index (κ2) is 6.95. The van der Waals surface area contributed by atoms with Gasteiger partial charge in [0.2, 0.25) is 0 Å². The number of aryl methyl sites for hydroxylation is 1. The molecule has 0 unspecified atom stereocenters. The maximum atomic E-state index is 6.03. The van der Waals surface area contributed by atoms with E-state index in [9.17, 15) is 0 Å². The average Bonchev–Trinajstić information content (AvgIpc) is 3.15. The number of anilines is 1. The smallest absolute Gasteiger partial charge is 0.160 e. The molecule has 1 saturated heterocycles. The largest absolute Gasteiger partial charge is 0.384 e. The first-order valence-corrected chi connectivity index (χ1v) is 10.1. The first kappa shape index (κ1) is 17.3. The third-order valence-corrected chi connectivity index (χ3v) is 5.67. The van der Waals surface area contributed by atoms with Crippen LogP contribution in [0.4, 0.5) is 5.82 Å². The van der Waals surface area contributed by atoms with Crippen LogP contribution in [0, 0.1) is 6.92 Å². The van der Waals surface area contributed by atoms with Gasteiger partial charge in [-0.25, -0.2) is 9.97 Å². The number of aromatic nitrogens is 4. The molecule has 5 rings (SSSR count). The summed E-state index contributed by atoms with van der Waals surface area (Å²) in [6.07, 6.45) is 5.37. The minimum absolute atomic E-state index is 0.492. The van der Waals surface area contributed by atoms with Crippen LogP contribution < -0.4 is 5.73 Å². The number of benzene rings is 1. The van der Waals surface area contributed by atoms with E-state index in [-0.39, 0.29) is 0 Å². The van der Waals surface area contributed by atoms with Gasteiger partial charge in [-0.1, -0.05) is 18.9 Å². The predicted molar refractivity (Wildman–Crippen MR) is 114 cm³/mol. The Balaban J connectivity index is 1.50. The number of aromatic amines is 2. The molecule has 4 heterocycles. The number of likely N-dealkylation sites (tertiary alicyclic amines) is 1. The normalized spacial score (nSPS) is 16.0. The van der Waals surface area contributed by atoms with E-state index in [0.717, 1.165) is 40.3 Å². The SMILES string of the molecule is Cc1nc2c(-c3cc4cc(CN5CCCCCC5)ccc4[nH]3)cc(N)nc2[nH]1. The van der Waals surface area contributed by atoms with Gasteiger partial charge in [0.25, 0.3) is 0 Å². The first-order chi connectivity index (χ1) is 13.7. The highest BCUT2D eigenvalue weighted by molar-refractivity contribution is 5.95. The van der Waals surface area contributed by atoms with Crippen LogP contribution >= 0.6 is 0 Å². The van der Waals surface area contributed by atoms with Crippen molar-refractivity contribution >= 4 is 27.9 Å². The molecule has 3 aromatic heterocycles. The van der Waals surface area contributed by atoms with Crippen molar-refractivity contribution < 1.29 is 0 Å². The van der Waals surface area contributed by atoms with Gasteiger partial charge < -0.3 is 15.7 Å². The summed E-state index contributed by atoms with van der Waals surface area (Å²) in [6, 6.07) is 10.8. The maximum Gasteiger partial charge on any atom is 0.160 e. The van der Waals surface area contributed by atoms with Gasteiger partial charge in [-0.2, -0.15) is 0 Å². The predicted octanol–water partition coefficient (Wildman–Crippen LogP) is 4.37. The van der Waals surface area contributed by atoms with E-state index in [1.165, 1.54) is 49.7 Å². The topological polar surface area (TPSA) is 86.6 Å². The number of hydrogen-bond donors (Lipinski definition) is 3. The Kier molecular flexibility index (Phi) is 4.28. The first-order valence-electron chi connectivity index (χ1n) is 10.1. The maximum absolute atomic E-state index is 6.03. The van der Waals surface area contributed by atoms with Crippen molar-refractivity contribution in [1.82, 2.24) is 24.8 Å². The summed E-state index contributed by atoms with van der Waals surface area (Å²) < 4.78 is 0. The number of fused-ring (bicyclic) bond motifs is 2. The monoisotopic (exact) mass is 374 g/mol. The highest BCUT2D eigenvalue weighted by Gasteiger charge is 2.14. The molecule has 1 aliphatic rings. The van der Waals surface area contributed by atoms with Crippen molar-refractivity contribution in [3.05, 3.63) is 41.7 Å². The number of nitrogen functional groups attached to an aromatic ring is 1. The van der Waals surface area contributed by atoms with Gasteiger partial charge >= 0.3 is 0 Å². The molecule has 1 aliphatic heterocycles. The number of pyridine rings is 1. The van der Waals surface area contributed by atoms with Crippen LogP contribution in [0.3, 0.4) is 0 Å². The van der Waals surface area contributed by atoms with Crippen LogP contribution in [-0.2, 0) is 6.54 Å². The van der Waals surface area contributed by atoms with Crippen molar-refractivity contribution in [3.8, 4) is 11.3 Å². The number of nitrogens with two attached hydrogens (primary N) is 1. The molecule has 0 atom stereocenters. The van der Waals surface area contributed by atoms with E-state index in [4.69, 9.17) is 5.73 Å². The number of H-pyrrole nitrogens is 2. The molecule has 0 bridgehead atoms. The highest BCUT2D eigenvalue weighted by atomic mass is 15.1. The van der Waals surface area contributed by atoms with Gasteiger partial charge in [0, 0.05) is 28.7 Å². The molecule has 6 nitrogen and oxygen atoms in total. The fourth-order valence-electron chi connectivity index (χ4n) is 4.31. The number of nitrogens with one attached hydrogen (secondary N) is 2. The summed E-state index contributed by atoms with van der Waals surface area (Å²) in [5.74, 6) is 1.33. The molecular weight excluding hydrogens is 348 g/mol. The van der Waals surface area contributed by atoms with E-state index < -0.39 is 0 Å². The standard InChI is InChI=1S/C22H26N6/c1-14-24-21-17(12-20(23)27-22(21)25-14)19-11-16-10-15(6-7-18(16)26-19)13-28-8-4-2-3-5-9-28/h6-7,10-12,26H,2-5,8-9,13H2,1H3,(H3,23,24,25,27). The zero-order valence-corrected chi connectivity index (χ0v) is 16.3. The molecule has 0 aliphatic carbocycles. The van der Waals surface area contributed by atoms with Crippen molar-refractivity contribution in [2.75, 3.05) is 18.8 Å². The third kappa shape index (κ3) is 3.24. The van der Waals surface area contributed by atoms with Crippen molar-refractivity contribution in [2.45, 2.75) is 39.2 Å². The molecule has 0 radical (unpaired) electrons. The van der Waals surface area contributed by atoms with Gasteiger partial charge in [-0.3, -0.25) is 4.90 Å². The summed E-state index contributed by atoms with van der Waals surface area (Å²) >= 11 is 0. The van der Waals surface area contributed by atoms with Crippen LogP contribution in [0.25, 0.3) is 33.3 Å². The summed E-state index contributed by atoms with van der Waals surface area (Å²) in [5.41, 5.74) is 12.1. The molecular formula is C22H26N6. The summed E-state index contributed by atoms with van der Waals surface area (Å²) in [5, 5.41) is 1.22. The van der Waals surface area contributed by atoms with Crippen LogP contribution in [-0.4, -0.2) is 37.9 Å². The molecule has 0 saturated carbocycles. The Labute approximate surface area is 164 Å². The van der Waals surface area contributed by atoms with Crippen LogP contribution in [0.15, 0.2) is 30.3 Å². The Bertz CT molecular complexity index is 1130. The molecule has 4 N–H and O–H groups in total. The summed E-state index contributed by atoms with van der Waals surface area (Å²) in [6.45, 7) is 5.38. The Morgan fingerprint density at radius 1 is 1.00 bits per heavy atom. The van der Waals surface area contributed by atoms with Crippen LogP contribution in [0.2, 0.25) is 0 Å². The second-order valence-corrected chi connectivity index (χ2v) is 7.91. The molecule has 1 fully saturated rings. The molecule has 0 amide bonds. The summed E-state index contributed by atoms with van der Waals surface area (Å²) in [4.78, 5) is 18.3. The zero-order chi connectivity index (χ0) is 19.1. The Morgan fingerprint density at radius 2 is 1.82 bits per heavy atom. The van der Waals surface area contributed by atoms with E-state index in [0.29, 0.717) is 5.82 Å². The van der Waals surface area contributed by atoms with Gasteiger partial charge in [0.1, 0.15) is 17.2 Å². The zero-order valence-electron chi connectivity index (χ0n) is 16.3. The van der Waals surface area contributed by atoms with E-state index in [2.05, 4.69) is 49.1 Å². The molecule has 28 heavy (non-hydrogen) atoms. The fourth-order valence-corrected chi connectivity index (χ4v) is 4.31. The van der Waals surface area contributed by atoms with Gasteiger partial charge in [0.05, 0.1) is 0 Å². The highest BCUT2D eigenvalue weighted by Crippen LogP contribution is 2.31. The molecule has 6 heteroatoms. The second-order valence-electron chi connectivity index (χ2n) is 7.91. The van der Waals surface area contributed by atoms with Crippen molar-refractivity contribution in [2.24, 2.45) is 0 Å². The average molecular weight is 374 g/mol. The fraction of sp³-hybridized carbons (Fsp3) is 0.364. The molecule has 4 aromatic rings. The van der Waals surface area contributed by atoms with Crippen LogP contribution in [0.1, 0.15) is 37.1 Å². The molecule has 0 spiro atoms. The lowest BCUT2D eigenvalue weighted by molar-refractivity contribution is 0.277. The Hall–Kier alpha value is -2.86. The molecule has 1 aromatic carbocycles. The van der Waals surface area contributed by atoms with Gasteiger partial charge in [-0.05, 0) is 62.7 Å². The lowest BCUT2D eigenvalue weighted by Crippen LogP contribution is -2.23.